The van der Waals surface area contributed by atoms with Gasteiger partial charge in [-0.15, -0.1) is 0 Å². The molecule has 1 N–H and O–H groups in total. The van der Waals surface area contributed by atoms with Crippen molar-refractivity contribution in [3.8, 4) is 5.75 Å². The third-order valence-electron chi connectivity index (χ3n) is 2.83. The second-order valence-electron chi connectivity index (χ2n) is 4.31. The lowest BCUT2D eigenvalue weighted by Crippen LogP contribution is -2.23. The SMILES string of the molecule is COc1cccc(CC(C)(O)c2ccoc2)c1. The molecule has 0 aliphatic rings. The van der Waals surface area contributed by atoms with Gasteiger partial charge >= 0.3 is 0 Å². The average molecular weight is 232 g/mol. The van der Waals surface area contributed by atoms with Crippen molar-refractivity contribution >= 4 is 0 Å². The summed E-state index contributed by atoms with van der Waals surface area (Å²) in [4.78, 5) is 0. The van der Waals surface area contributed by atoms with E-state index < -0.39 is 5.60 Å². The smallest absolute Gasteiger partial charge is 0.119 e. The van der Waals surface area contributed by atoms with Gasteiger partial charge in [0, 0.05) is 12.0 Å². The van der Waals surface area contributed by atoms with Gasteiger partial charge in [0.25, 0.3) is 0 Å². The van der Waals surface area contributed by atoms with E-state index in [-0.39, 0.29) is 0 Å². The van der Waals surface area contributed by atoms with Crippen LogP contribution in [0.25, 0.3) is 0 Å². The zero-order chi connectivity index (χ0) is 12.3. The molecule has 0 amide bonds. The Hall–Kier alpha value is -1.74. The molecule has 0 radical (unpaired) electrons. The third-order valence-corrected chi connectivity index (χ3v) is 2.83. The number of benzene rings is 1. The summed E-state index contributed by atoms with van der Waals surface area (Å²) in [5.41, 5.74) is 0.871. The highest BCUT2D eigenvalue weighted by Gasteiger charge is 2.24. The maximum atomic E-state index is 10.4. The van der Waals surface area contributed by atoms with Crippen molar-refractivity contribution in [1.29, 1.82) is 0 Å². The predicted octanol–water partition coefficient (Wildman–Crippen LogP) is 2.74. The van der Waals surface area contributed by atoms with Crippen LogP contribution in [-0.4, -0.2) is 12.2 Å². The summed E-state index contributed by atoms with van der Waals surface area (Å²) in [5, 5.41) is 10.4. The number of aliphatic hydroxyl groups is 1. The van der Waals surface area contributed by atoms with Gasteiger partial charge in [0.05, 0.1) is 25.2 Å². The van der Waals surface area contributed by atoms with Crippen LogP contribution in [0.1, 0.15) is 18.1 Å². The van der Waals surface area contributed by atoms with Gasteiger partial charge in [0.1, 0.15) is 5.75 Å². The van der Waals surface area contributed by atoms with Crippen molar-refractivity contribution in [1.82, 2.24) is 0 Å². The van der Waals surface area contributed by atoms with Crippen molar-refractivity contribution < 1.29 is 14.3 Å². The zero-order valence-corrected chi connectivity index (χ0v) is 10.0. The van der Waals surface area contributed by atoms with Crippen molar-refractivity contribution in [3.63, 3.8) is 0 Å². The van der Waals surface area contributed by atoms with E-state index in [1.807, 2.05) is 24.3 Å². The van der Waals surface area contributed by atoms with Crippen LogP contribution in [0.4, 0.5) is 0 Å². The van der Waals surface area contributed by atoms with E-state index in [2.05, 4.69) is 0 Å². The normalized spacial score (nSPS) is 14.3. The molecule has 1 atom stereocenters. The lowest BCUT2D eigenvalue weighted by atomic mass is 9.91. The van der Waals surface area contributed by atoms with Crippen LogP contribution in [0.3, 0.4) is 0 Å². The van der Waals surface area contributed by atoms with Crippen LogP contribution in [-0.2, 0) is 12.0 Å². The van der Waals surface area contributed by atoms with Crippen molar-refractivity contribution in [2.24, 2.45) is 0 Å². The molecule has 3 nitrogen and oxygen atoms in total. The van der Waals surface area contributed by atoms with E-state index in [0.717, 1.165) is 16.9 Å². The fraction of sp³-hybridized carbons (Fsp3) is 0.286. The molecule has 0 saturated carbocycles. The molecule has 0 aliphatic heterocycles. The Morgan fingerprint density at radius 1 is 1.35 bits per heavy atom. The molecule has 1 unspecified atom stereocenters. The third kappa shape index (κ3) is 2.68. The summed E-state index contributed by atoms with van der Waals surface area (Å²) >= 11 is 0. The molecule has 0 saturated heterocycles. The minimum absolute atomic E-state index is 0.518. The van der Waals surface area contributed by atoms with E-state index in [0.29, 0.717) is 6.42 Å². The van der Waals surface area contributed by atoms with E-state index in [9.17, 15) is 5.11 Å². The van der Waals surface area contributed by atoms with Crippen molar-refractivity contribution in [2.45, 2.75) is 18.9 Å². The fourth-order valence-corrected chi connectivity index (χ4v) is 1.85. The highest BCUT2D eigenvalue weighted by molar-refractivity contribution is 5.30. The highest BCUT2D eigenvalue weighted by atomic mass is 16.5. The number of hydrogen-bond acceptors (Lipinski definition) is 3. The zero-order valence-electron chi connectivity index (χ0n) is 10.0. The number of ether oxygens (including phenoxy) is 1. The maximum absolute atomic E-state index is 10.4. The minimum atomic E-state index is -0.931. The van der Waals surface area contributed by atoms with Crippen LogP contribution >= 0.6 is 0 Å². The molecule has 0 aliphatic carbocycles. The molecule has 90 valence electrons. The monoisotopic (exact) mass is 232 g/mol. The van der Waals surface area contributed by atoms with E-state index in [1.165, 1.54) is 0 Å². The van der Waals surface area contributed by atoms with Gasteiger partial charge in [-0.05, 0) is 30.7 Å². The van der Waals surface area contributed by atoms with Crippen LogP contribution in [0.2, 0.25) is 0 Å². The maximum Gasteiger partial charge on any atom is 0.119 e. The quantitative estimate of drug-likeness (QED) is 0.881. The Kier molecular flexibility index (Phi) is 3.20. The van der Waals surface area contributed by atoms with Gasteiger partial charge in [0.2, 0.25) is 0 Å². The van der Waals surface area contributed by atoms with Crippen LogP contribution in [0, 0.1) is 0 Å². The minimum Gasteiger partial charge on any atom is -0.497 e. The van der Waals surface area contributed by atoms with Gasteiger partial charge in [-0.2, -0.15) is 0 Å². The highest BCUT2D eigenvalue weighted by Crippen LogP contribution is 2.26. The number of hydrogen-bond donors (Lipinski definition) is 1. The van der Waals surface area contributed by atoms with Gasteiger partial charge in [-0.3, -0.25) is 0 Å². The Morgan fingerprint density at radius 3 is 2.82 bits per heavy atom. The largest absolute Gasteiger partial charge is 0.497 e. The van der Waals surface area contributed by atoms with E-state index >= 15 is 0 Å². The number of rotatable bonds is 4. The molecule has 1 heterocycles. The summed E-state index contributed by atoms with van der Waals surface area (Å²) in [7, 11) is 1.63. The first-order valence-electron chi connectivity index (χ1n) is 5.50. The summed E-state index contributed by atoms with van der Waals surface area (Å²) in [6.07, 6.45) is 3.65. The molecular formula is C14H16O3. The van der Waals surface area contributed by atoms with Crippen molar-refractivity contribution in [2.75, 3.05) is 7.11 Å². The lowest BCUT2D eigenvalue weighted by Gasteiger charge is -2.22. The first kappa shape index (κ1) is 11.7. The average Bonchev–Trinajstić information content (AvgIpc) is 2.83. The van der Waals surface area contributed by atoms with Crippen LogP contribution in [0.5, 0.6) is 5.75 Å². The van der Waals surface area contributed by atoms with E-state index in [4.69, 9.17) is 9.15 Å². The summed E-state index contributed by atoms with van der Waals surface area (Å²) in [6.45, 7) is 1.78. The van der Waals surface area contributed by atoms with Crippen LogP contribution < -0.4 is 4.74 Å². The van der Waals surface area contributed by atoms with Crippen molar-refractivity contribution in [3.05, 3.63) is 54.0 Å². The molecular weight excluding hydrogens is 216 g/mol. The van der Waals surface area contributed by atoms with Gasteiger partial charge in [0.15, 0.2) is 0 Å². The summed E-state index contributed by atoms with van der Waals surface area (Å²) in [6, 6.07) is 9.47. The van der Waals surface area contributed by atoms with Gasteiger partial charge in [-0.25, -0.2) is 0 Å². The van der Waals surface area contributed by atoms with Crippen LogP contribution in [0.15, 0.2) is 47.3 Å². The second kappa shape index (κ2) is 4.63. The molecule has 1 aromatic heterocycles. The Labute approximate surface area is 101 Å². The van der Waals surface area contributed by atoms with E-state index in [1.54, 1.807) is 32.6 Å². The molecule has 0 fully saturated rings. The van der Waals surface area contributed by atoms with Gasteiger partial charge in [-0.1, -0.05) is 12.1 Å². The summed E-state index contributed by atoms with van der Waals surface area (Å²) < 4.78 is 10.2. The van der Waals surface area contributed by atoms with Gasteiger partial charge < -0.3 is 14.3 Å². The molecule has 3 heteroatoms. The number of furan rings is 1. The molecule has 0 bridgehead atoms. The molecule has 2 aromatic rings. The Morgan fingerprint density at radius 2 is 2.18 bits per heavy atom. The molecule has 2 rings (SSSR count). The Bertz CT molecular complexity index is 472. The Balaban J connectivity index is 2.20. The number of methoxy groups -OCH3 is 1. The first-order chi connectivity index (χ1) is 8.12. The summed E-state index contributed by atoms with van der Waals surface area (Å²) in [5.74, 6) is 0.797. The topological polar surface area (TPSA) is 42.6 Å². The lowest BCUT2D eigenvalue weighted by molar-refractivity contribution is 0.0569. The second-order valence-corrected chi connectivity index (χ2v) is 4.31. The fourth-order valence-electron chi connectivity index (χ4n) is 1.85. The predicted molar refractivity (Wildman–Crippen MR) is 65.0 cm³/mol. The molecule has 1 aromatic carbocycles. The molecule has 0 spiro atoms. The standard InChI is InChI=1S/C14H16O3/c1-14(15,12-6-7-17-10-12)9-11-4-3-5-13(8-11)16-2/h3-8,10,15H,9H2,1-2H3. The molecule has 17 heavy (non-hydrogen) atoms. The first-order valence-corrected chi connectivity index (χ1v) is 5.50.